The molecule has 0 radical (unpaired) electrons. The third-order valence-corrected chi connectivity index (χ3v) is 4.08. The van der Waals surface area contributed by atoms with Gasteiger partial charge in [0, 0.05) is 23.6 Å². The lowest BCUT2D eigenvalue weighted by Gasteiger charge is -2.07. The monoisotopic (exact) mass is 373 g/mol. The lowest BCUT2D eigenvalue weighted by atomic mass is 10.2. The zero-order valence-corrected chi connectivity index (χ0v) is 14.6. The molecule has 3 aromatic rings. The highest BCUT2D eigenvalue weighted by atomic mass is 35.5. The van der Waals surface area contributed by atoms with Gasteiger partial charge in [-0.15, -0.1) is 0 Å². The van der Waals surface area contributed by atoms with Crippen LogP contribution in [0.5, 0.6) is 0 Å². The van der Waals surface area contributed by atoms with Gasteiger partial charge >= 0.3 is 5.69 Å². The third kappa shape index (κ3) is 4.28. The molecule has 0 aliphatic heterocycles. The summed E-state index contributed by atoms with van der Waals surface area (Å²) >= 11 is 6.01. The average molecular weight is 374 g/mol. The molecule has 3 rings (SSSR count). The van der Waals surface area contributed by atoms with E-state index in [9.17, 15) is 14.4 Å². The van der Waals surface area contributed by atoms with Crippen molar-refractivity contribution in [2.75, 3.05) is 10.6 Å². The summed E-state index contributed by atoms with van der Waals surface area (Å²) in [6, 6.07) is 8.40. The normalized spacial score (nSPS) is 10.7. The van der Waals surface area contributed by atoms with Gasteiger partial charge in [0.1, 0.15) is 5.82 Å². The highest BCUT2D eigenvalue weighted by molar-refractivity contribution is 6.31. The van der Waals surface area contributed by atoms with E-state index in [-0.39, 0.29) is 30.3 Å². The van der Waals surface area contributed by atoms with Crippen molar-refractivity contribution in [3.8, 4) is 0 Å². The van der Waals surface area contributed by atoms with Crippen molar-refractivity contribution in [3.63, 3.8) is 0 Å². The molecule has 0 unspecified atom stereocenters. The number of hydrogen-bond acceptors (Lipinski definition) is 4. The van der Waals surface area contributed by atoms with Gasteiger partial charge in [0.25, 0.3) is 0 Å². The number of rotatable bonds is 5. The van der Waals surface area contributed by atoms with Gasteiger partial charge in [-0.1, -0.05) is 17.7 Å². The summed E-state index contributed by atoms with van der Waals surface area (Å²) in [6.45, 7) is 1.87. The molecule has 0 atom stereocenters. The van der Waals surface area contributed by atoms with Crippen LogP contribution in [0.15, 0.2) is 35.1 Å². The molecule has 0 bridgehead atoms. The smallest absolute Gasteiger partial charge is 0.325 e. The number of imidazole rings is 1. The number of fused-ring (bicyclic) bond motifs is 1. The van der Waals surface area contributed by atoms with E-state index in [2.05, 4.69) is 25.6 Å². The topological polar surface area (TPSA) is 120 Å². The van der Waals surface area contributed by atoms with Crippen LogP contribution < -0.4 is 16.3 Å². The Morgan fingerprint density at radius 1 is 1.08 bits per heavy atom. The molecule has 2 aromatic heterocycles. The third-order valence-electron chi connectivity index (χ3n) is 3.68. The standard InChI is InChI=1S/C17H16ClN5O3/c1-9-2-3-10(8-11(9)18)19-14(24)6-7-15(25)21-13-5-4-12-16(22-13)23-17(26)20-12/h2-5,8H,6-7H2,1H3,(H,19,24)(H3,20,21,22,23,25,26). The van der Waals surface area contributed by atoms with E-state index in [0.29, 0.717) is 27.7 Å². The molecule has 8 nitrogen and oxygen atoms in total. The van der Waals surface area contributed by atoms with Crippen LogP contribution in [0.3, 0.4) is 0 Å². The van der Waals surface area contributed by atoms with E-state index < -0.39 is 0 Å². The van der Waals surface area contributed by atoms with Crippen molar-refractivity contribution >= 4 is 46.1 Å². The Morgan fingerprint density at radius 3 is 2.54 bits per heavy atom. The lowest BCUT2D eigenvalue weighted by molar-refractivity contribution is -0.121. The number of halogens is 1. The number of carbonyl (C=O) groups is 2. The molecular weight excluding hydrogens is 358 g/mol. The van der Waals surface area contributed by atoms with Gasteiger partial charge in [0.2, 0.25) is 11.8 Å². The second kappa shape index (κ2) is 7.40. The molecule has 0 saturated heterocycles. The zero-order chi connectivity index (χ0) is 18.7. The first-order valence-corrected chi connectivity index (χ1v) is 8.23. The molecule has 2 heterocycles. The minimum Gasteiger partial charge on any atom is -0.326 e. The minimum atomic E-state index is -0.371. The number of amides is 2. The molecule has 134 valence electrons. The Balaban J connectivity index is 1.53. The number of anilines is 2. The van der Waals surface area contributed by atoms with E-state index in [1.807, 2.05) is 6.92 Å². The highest BCUT2D eigenvalue weighted by Crippen LogP contribution is 2.20. The van der Waals surface area contributed by atoms with Crippen LogP contribution in [0.25, 0.3) is 11.2 Å². The Morgan fingerprint density at radius 2 is 1.81 bits per heavy atom. The van der Waals surface area contributed by atoms with Crippen LogP contribution in [0.1, 0.15) is 18.4 Å². The number of aromatic nitrogens is 3. The first-order valence-electron chi connectivity index (χ1n) is 7.85. The highest BCUT2D eigenvalue weighted by Gasteiger charge is 2.10. The largest absolute Gasteiger partial charge is 0.326 e. The average Bonchev–Trinajstić information content (AvgIpc) is 2.96. The molecule has 0 aliphatic rings. The van der Waals surface area contributed by atoms with Crippen LogP contribution in [0.2, 0.25) is 5.02 Å². The maximum atomic E-state index is 12.0. The van der Waals surface area contributed by atoms with Crippen LogP contribution in [-0.4, -0.2) is 26.8 Å². The second-order valence-electron chi connectivity index (χ2n) is 5.73. The predicted octanol–water partition coefficient (Wildman–Crippen LogP) is 2.57. The van der Waals surface area contributed by atoms with Crippen LogP contribution in [0.4, 0.5) is 11.5 Å². The predicted molar refractivity (Wildman–Crippen MR) is 99.4 cm³/mol. The van der Waals surface area contributed by atoms with Crippen molar-refractivity contribution in [1.82, 2.24) is 15.0 Å². The van der Waals surface area contributed by atoms with Crippen molar-refractivity contribution < 1.29 is 9.59 Å². The molecular formula is C17H16ClN5O3. The quantitative estimate of drug-likeness (QED) is 0.549. The number of pyridine rings is 1. The Labute approximate surface area is 153 Å². The Hall–Kier alpha value is -3.13. The number of aryl methyl sites for hydroxylation is 1. The van der Waals surface area contributed by atoms with E-state index in [0.717, 1.165) is 5.56 Å². The first-order chi connectivity index (χ1) is 12.4. The molecule has 0 fully saturated rings. The maximum absolute atomic E-state index is 12.0. The van der Waals surface area contributed by atoms with E-state index in [4.69, 9.17) is 11.6 Å². The summed E-state index contributed by atoms with van der Waals surface area (Å²) in [6.07, 6.45) is 0.00929. The molecule has 2 amide bonds. The fraction of sp³-hybridized carbons (Fsp3) is 0.176. The molecule has 0 spiro atoms. The second-order valence-corrected chi connectivity index (χ2v) is 6.14. The van der Waals surface area contributed by atoms with Gasteiger partial charge in [-0.3, -0.25) is 14.6 Å². The zero-order valence-electron chi connectivity index (χ0n) is 13.9. The molecule has 0 saturated carbocycles. The fourth-order valence-corrected chi connectivity index (χ4v) is 2.49. The van der Waals surface area contributed by atoms with Crippen molar-refractivity contribution in [1.29, 1.82) is 0 Å². The van der Waals surface area contributed by atoms with Crippen molar-refractivity contribution in [2.45, 2.75) is 19.8 Å². The van der Waals surface area contributed by atoms with E-state index in [1.54, 1.807) is 30.3 Å². The molecule has 0 aliphatic carbocycles. The number of nitrogens with zero attached hydrogens (tertiary/aromatic N) is 1. The molecule has 9 heteroatoms. The summed E-state index contributed by atoms with van der Waals surface area (Å²) < 4.78 is 0. The maximum Gasteiger partial charge on any atom is 0.325 e. The Bertz CT molecular complexity index is 1040. The summed E-state index contributed by atoms with van der Waals surface area (Å²) in [5, 5.41) is 5.85. The lowest BCUT2D eigenvalue weighted by Crippen LogP contribution is -2.17. The molecule has 1 aromatic carbocycles. The van der Waals surface area contributed by atoms with Gasteiger partial charge in [-0.25, -0.2) is 9.78 Å². The van der Waals surface area contributed by atoms with Gasteiger partial charge < -0.3 is 15.6 Å². The van der Waals surface area contributed by atoms with E-state index in [1.165, 1.54) is 0 Å². The summed E-state index contributed by atoms with van der Waals surface area (Å²) in [5.74, 6) is -0.353. The Kier molecular flexibility index (Phi) is 5.04. The van der Waals surface area contributed by atoms with Crippen LogP contribution in [-0.2, 0) is 9.59 Å². The van der Waals surface area contributed by atoms with Crippen LogP contribution in [0, 0.1) is 6.92 Å². The van der Waals surface area contributed by atoms with Gasteiger partial charge in [-0.05, 0) is 36.8 Å². The van der Waals surface area contributed by atoms with Gasteiger partial charge in [0.15, 0.2) is 5.65 Å². The first kappa shape index (κ1) is 17.7. The number of H-pyrrole nitrogens is 2. The van der Waals surface area contributed by atoms with Crippen molar-refractivity contribution in [2.24, 2.45) is 0 Å². The minimum absolute atomic E-state index is 0.00516. The summed E-state index contributed by atoms with van der Waals surface area (Å²) in [4.78, 5) is 44.3. The van der Waals surface area contributed by atoms with E-state index >= 15 is 0 Å². The number of benzene rings is 1. The fourth-order valence-electron chi connectivity index (χ4n) is 2.31. The molecule has 26 heavy (non-hydrogen) atoms. The number of hydrogen-bond donors (Lipinski definition) is 4. The van der Waals surface area contributed by atoms with Gasteiger partial charge in [0.05, 0.1) is 5.52 Å². The SMILES string of the molecule is Cc1ccc(NC(=O)CCC(=O)Nc2ccc3[nH]c(=O)[nH]c3n2)cc1Cl. The molecule has 4 N–H and O–H groups in total. The van der Waals surface area contributed by atoms with Gasteiger partial charge in [-0.2, -0.15) is 0 Å². The number of nitrogens with one attached hydrogen (secondary N) is 4. The summed E-state index contributed by atoms with van der Waals surface area (Å²) in [7, 11) is 0. The number of aromatic amines is 2. The summed E-state index contributed by atoms with van der Waals surface area (Å²) in [5.41, 5.74) is 2.02. The van der Waals surface area contributed by atoms with Crippen LogP contribution >= 0.6 is 11.6 Å². The number of carbonyl (C=O) groups excluding carboxylic acids is 2. The van der Waals surface area contributed by atoms with Crippen molar-refractivity contribution in [3.05, 3.63) is 51.4 Å².